The molecule has 2 atom stereocenters. The lowest BCUT2D eigenvalue weighted by atomic mass is 10.2. The van der Waals surface area contributed by atoms with Crippen molar-refractivity contribution >= 4 is 28.8 Å². The Bertz CT molecular complexity index is 381. The van der Waals surface area contributed by atoms with E-state index in [2.05, 4.69) is 24.5 Å². The summed E-state index contributed by atoms with van der Waals surface area (Å²) in [5, 5.41) is 8.31. The fourth-order valence-electron chi connectivity index (χ4n) is 1.52. The summed E-state index contributed by atoms with van der Waals surface area (Å²) < 4.78 is 0.799. The van der Waals surface area contributed by atoms with E-state index in [1.54, 1.807) is 0 Å². The van der Waals surface area contributed by atoms with Crippen molar-refractivity contribution in [3.8, 4) is 0 Å². The lowest BCUT2D eigenvalue weighted by Crippen LogP contribution is -2.34. The van der Waals surface area contributed by atoms with Crippen molar-refractivity contribution < 1.29 is 4.79 Å². The Kier molecular flexibility index (Phi) is 6.68. The summed E-state index contributed by atoms with van der Waals surface area (Å²) in [7, 11) is 0. The Morgan fingerprint density at radius 2 is 2.22 bits per heavy atom. The van der Waals surface area contributed by atoms with Crippen LogP contribution in [-0.2, 0) is 4.79 Å². The Balaban J connectivity index is 2.23. The molecule has 1 aromatic rings. The van der Waals surface area contributed by atoms with Gasteiger partial charge >= 0.3 is 0 Å². The van der Waals surface area contributed by atoms with Gasteiger partial charge in [0.05, 0.1) is 4.34 Å². The molecule has 0 bridgehead atoms. The Morgan fingerprint density at radius 1 is 1.50 bits per heavy atom. The van der Waals surface area contributed by atoms with E-state index in [4.69, 9.17) is 11.6 Å². The highest BCUT2D eigenvalue weighted by molar-refractivity contribution is 7.14. The van der Waals surface area contributed by atoms with E-state index in [1.165, 1.54) is 16.9 Å². The molecule has 1 aromatic heterocycles. The Hall–Kier alpha value is -0.580. The molecule has 1 amide bonds. The van der Waals surface area contributed by atoms with Crippen LogP contribution in [0.25, 0.3) is 0 Å². The maximum absolute atomic E-state index is 11.6. The van der Waals surface area contributed by atoms with Gasteiger partial charge in [-0.1, -0.05) is 18.5 Å². The van der Waals surface area contributed by atoms with Crippen molar-refractivity contribution in [1.82, 2.24) is 10.6 Å². The van der Waals surface area contributed by atoms with E-state index in [1.807, 2.05) is 18.4 Å². The summed E-state index contributed by atoms with van der Waals surface area (Å²) >= 11 is 7.42. The third-order valence-corrected chi connectivity index (χ3v) is 4.02. The minimum atomic E-state index is 0.104. The van der Waals surface area contributed by atoms with Gasteiger partial charge < -0.3 is 10.6 Å². The smallest absolute Gasteiger partial charge is 0.221 e. The molecule has 5 heteroatoms. The van der Waals surface area contributed by atoms with Gasteiger partial charge in [0.2, 0.25) is 5.91 Å². The summed E-state index contributed by atoms with van der Waals surface area (Å²) in [6.45, 7) is 6.83. The van der Waals surface area contributed by atoms with Crippen molar-refractivity contribution in [1.29, 1.82) is 0 Å². The molecule has 0 aliphatic heterocycles. The molecular weight excluding hydrogens is 268 g/mol. The first kappa shape index (κ1) is 15.5. The molecule has 1 heterocycles. The molecule has 0 aliphatic rings. The Morgan fingerprint density at radius 3 is 2.78 bits per heavy atom. The molecule has 0 aliphatic carbocycles. The first-order valence-electron chi connectivity index (χ1n) is 6.29. The Labute approximate surface area is 118 Å². The van der Waals surface area contributed by atoms with Crippen molar-refractivity contribution in [2.24, 2.45) is 0 Å². The zero-order chi connectivity index (χ0) is 13.5. The van der Waals surface area contributed by atoms with Gasteiger partial charge in [-0.05, 0) is 37.3 Å². The lowest BCUT2D eigenvalue weighted by Gasteiger charge is -2.14. The van der Waals surface area contributed by atoms with Gasteiger partial charge in [0.15, 0.2) is 0 Å². The molecule has 18 heavy (non-hydrogen) atoms. The van der Waals surface area contributed by atoms with Crippen LogP contribution in [0.2, 0.25) is 4.34 Å². The number of carbonyl (C=O) groups excluding carboxylic acids is 1. The van der Waals surface area contributed by atoms with E-state index in [0.717, 1.165) is 10.8 Å². The second-order valence-electron chi connectivity index (χ2n) is 4.49. The molecule has 0 spiro atoms. The van der Waals surface area contributed by atoms with E-state index >= 15 is 0 Å². The van der Waals surface area contributed by atoms with E-state index in [0.29, 0.717) is 13.0 Å². The van der Waals surface area contributed by atoms with Crippen LogP contribution in [0.1, 0.15) is 45.2 Å². The second-order valence-corrected chi connectivity index (χ2v) is 6.03. The fourth-order valence-corrected chi connectivity index (χ4v) is 2.50. The van der Waals surface area contributed by atoms with Gasteiger partial charge in [0, 0.05) is 25.0 Å². The maximum Gasteiger partial charge on any atom is 0.221 e. The normalized spacial score (nSPS) is 14.2. The van der Waals surface area contributed by atoms with Gasteiger partial charge in [-0.2, -0.15) is 0 Å². The molecule has 0 radical (unpaired) electrons. The molecule has 2 unspecified atom stereocenters. The first-order chi connectivity index (χ1) is 8.52. The van der Waals surface area contributed by atoms with Gasteiger partial charge in [-0.25, -0.2) is 0 Å². The molecule has 3 nitrogen and oxygen atoms in total. The highest BCUT2D eigenvalue weighted by Crippen LogP contribution is 2.24. The summed E-state index contributed by atoms with van der Waals surface area (Å²) in [4.78, 5) is 11.6. The number of thiophene rings is 1. The SMILES string of the molecule is CCC(C)NC(=O)CCNC(C)c1csc(Cl)c1. The van der Waals surface area contributed by atoms with Crippen molar-refractivity contribution in [2.45, 2.75) is 45.7 Å². The standard InChI is InChI=1S/C13H21ClN2OS/c1-4-9(2)16-13(17)5-6-15-10(3)11-7-12(14)18-8-11/h7-10,15H,4-6H2,1-3H3,(H,16,17). The van der Waals surface area contributed by atoms with Crippen LogP contribution in [-0.4, -0.2) is 18.5 Å². The maximum atomic E-state index is 11.6. The topological polar surface area (TPSA) is 41.1 Å². The van der Waals surface area contributed by atoms with Gasteiger partial charge in [0.25, 0.3) is 0 Å². The highest BCUT2D eigenvalue weighted by Gasteiger charge is 2.09. The monoisotopic (exact) mass is 288 g/mol. The molecule has 2 N–H and O–H groups in total. The number of amides is 1. The number of nitrogens with one attached hydrogen (secondary N) is 2. The third kappa shape index (κ3) is 5.38. The number of carbonyl (C=O) groups is 1. The van der Waals surface area contributed by atoms with Crippen molar-refractivity contribution in [3.63, 3.8) is 0 Å². The number of halogens is 1. The average Bonchev–Trinajstić information content (AvgIpc) is 2.75. The van der Waals surface area contributed by atoms with Crippen LogP contribution in [0.3, 0.4) is 0 Å². The van der Waals surface area contributed by atoms with Crippen LogP contribution < -0.4 is 10.6 Å². The molecular formula is C13H21ClN2OS. The zero-order valence-electron chi connectivity index (χ0n) is 11.1. The van der Waals surface area contributed by atoms with Gasteiger partial charge in [-0.3, -0.25) is 4.79 Å². The number of hydrogen-bond acceptors (Lipinski definition) is 3. The highest BCUT2D eigenvalue weighted by atomic mass is 35.5. The molecule has 1 rings (SSSR count). The van der Waals surface area contributed by atoms with E-state index in [-0.39, 0.29) is 18.0 Å². The number of hydrogen-bond donors (Lipinski definition) is 2. The zero-order valence-corrected chi connectivity index (χ0v) is 12.7. The van der Waals surface area contributed by atoms with Crippen LogP contribution in [0.15, 0.2) is 11.4 Å². The molecule has 102 valence electrons. The number of rotatable bonds is 7. The predicted molar refractivity (Wildman–Crippen MR) is 78.3 cm³/mol. The molecule has 0 saturated heterocycles. The van der Waals surface area contributed by atoms with Gasteiger partial charge in [0.1, 0.15) is 0 Å². The van der Waals surface area contributed by atoms with E-state index in [9.17, 15) is 4.79 Å². The summed E-state index contributed by atoms with van der Waals surface area (Å²) in [5.41, 5.74) is 1.17. The summed E-state index contributed by atoms with van der Waals surface area (Å²) in [6, 6.07) is 2.44. The molecule has 0 fully saturated rings. The lowest BCUT2D eigenvalue weighted by molar-refractivity contribution is -0.121. The van der Waals surface area contributed by atoms with E-state index < -0.39 is 0 Å². The van der Waals surface area contributed by atoms with Crippen LogP contribution in [0, 0.1) is 0 Å². The van der Waals surface area contributed by atoms with Crippen LogP contribution >= 0.6 is 22.9 Å². The minimum Gasteiger partial charge on any atom is -0.354 e. The first-order valence-corrected chi connectivity index (χ1v) is 7.55. The van der Waals surface area contributed by atoms with Crippen LogP contribution in [0.4, 0.5) is 0 Å². The summed E-state index contributed by atoms with van der Waals surface area (Å²) in [5.74, 6) is 0.104. The van der Waals surface area contributed by atoms with Crippen LogP contribution in [0.5, 0.6) is 0 Å². The largest absolute Gasteiger partial charge is 0.354 e. The van der Waals surface area contributed by atoms with Gasteiger partial charge in [-0.15, -0.1) is 11.3 Å². The fraction of sp³-hybridized carbons (Fsp3) is 0.615. The minimum absolute atomic E-state index is 0.104. The van der Waals surface area contributed by atoms with Crippen molar-refractivity contribution in [3.05, 3.63) is 21.3 Å². The van der Waals surface area contributed by atoms with Crippen molar-refractivity contribution in [2.75, 3.05) is 6.54 Å². The molecule has 0 aromatic carbocycles. The average molecular weight is 289 g/mol. The molecule has 0 saturated carbocycles. The predicted octanol–water partition coefficient (Wildman–Crippen LogP) is 3.36. The third-order valence-electron chi connectivity index (χ3n) is 2.91. The summed E-state index contributed by atoms with van der Waals surface area (Å²) in [6.07, 6.45) is 1.47. The quantitative estimate of drug-likeness (QED) is 0.808. The second kappa shape index (κ2) is 7.77.